The Morgan fingerprint density at radius 1 is 0.971 bits per heavy atom. The van der Waals surface area contributed by atoms with Crippen LogP contribution in [-0.4, -0.2) is 36.5 Å². The van der Waals surface area contributed by atoms with Crippen LogP contribution in [0.25, 0.3) is 6.08 Å². The predicted octanol–water partition coefficient (Wildman–Crippen LogP) is 4.86. The highest BCUT2D eigenvalue weighted by molar-refractivity contribution is 6.32. The van der Waals surface area contributed by atoms with Crippen molar-refractivity contribution in [3.05, 3.63) is 101 Å². The number of carbonyl (C=O) groups is 3. The summed E-state index contributed by atoms with van der Waals surface area (Å²) in [7, 11) is 1.56. The Morgan fingerprint density at radius 3 is 2.23 bits per heavy atom. The van der Waals surface area contributed by atoms with Crippen LogP contribution in [0, 0.1) is 11.2 Å². The van der Waals surface area contributed by atoms with E-state index in [0.29, 0.717) is 33.7 Å². The van der Waals surface area contributed by atoms with Crippen LogP contribution in [0.4, 0.5) is 10.1 Å². The van der Waals surface area contributed by atoms with E-state index >= 15 is 0 Å². The number of carbonyl (C=O) groups excluding carboxylic acids is 3. The quantitative estimate of drug-likeness (QED) is 0.515. The summed E-state index contributed by atoms with van der Waals surface area (Å²) in [5.74, 6) is -1.25. The molecule has 5 nitrogen and oxygen atoms in total. The van der Waals surface area contributed by atoms with Crippen LogP contribution in [0.5, 0.6) is 5.75 Å². The largest absolute Gasteiger partial charge is 0.497 e. The minimum atomic E-state index is -1.53. The summed E-state index contributed by atoms with van der Waals surface area (Å²) in [4.78, 5) is 43.7. The van der Waals surface area contributed by atoms with Gasteiger partial charge in [-0.1, -0.05) is 48.6 Å². The number of methoxy groups -OCH3 is 1. The molecule has 1 fully saturated rings. The van der Waals surface area contributed by atoms with Gasteiger partial charge in [0.15, 0.2) is 17.3 Å². The molecule has 2 aliphatic heterocycles. The first-order chi connectivity index (χ1) is 16.9. The number of fused-ring (bicyclic) bond motifs is 5. The minimum Gasteiger partial charge on any atom is -0.497 e. The maximum absolute atomic E-state index is 14.2. The zero-order valence-corrected chi connectivity index (χ0v) is 19.2. The summed E-state index contributed by atoms with van der Waals surface area (Å²) in [6, 6.07) is 16.9. The highest BCUT2D eigenvalue weighted by Gasteiger charge is 2.71. The molecule has 1 saturated heterocycles. The molecule has 0 bridgehead atoms. The van der Waals surface area contributed by atoms with Crippen molar-refractivity contribution >= 4 is 29.1 Å². The van der Waals surface area contributed by atoms with E-state index in [2.05, 4.69) is 0 Å². The molecular formula is C29H22FNO4. The zero-order valence-electron chi connectivity index (χ0n) is 19.2. The molecule has 6 heteroatoms. The Morgan fingerprint density at radius 2 is 1.63 bits per heavy atom. The molecule has 3 aliphatic rings. The second kappa shape index (κ2) is 7.47. The number of Topliss-reactive ketones (excluding diaryl/α,β-unsaturated/α-hetero) is 3. The second-order valence-electron chi connectivity index (χ2n) is 9.29. The average molecular weight is 467 g/mol. The van der Waals surface area contributed by atoms with Crippen molar-refractivity contribution in [2.24, 2.45) is 5.41 Å². The topological polar surface area (TPSA) is 63.7 Å². The highest BCUT2D eigenvalue weighted by Crippen LogP contribution is 2.60. The first kappa shape index (κ1) is 21.5. The number of anilines is 1. The third-order valence-electron chi connectivity index (χ3n) is 7.66. The third kappa shape index (κ3) is 2.71. The van der Waals surface area contributed by atoms with Gasteiger partial charge in [-0.3, -0.25) is 14.4 Å². The fourth-order valence-electron chi connectivity index (χ4n) is 6.29. The number of ketones is 3. The normalized spacial score (nSPS) is 23.3. The van der Waals surface area contributed by atoms with E-state index < -0.39 is 29.2 Å². The molecule has 0 N–H and O–H groups in total. The Labute approximate surface area is 201 Å². The number of hydrogen-bond acceptors (Lipinski definition) is 5. The smallest absolute Gasteiger partial charge is 0.180 e. The monoisotopic (exact) mass is 467 g/mol. The summed E-state index contributed by atoms with van der Waals surface area (Å²) in [6.07, 6.45) is 3.53. The van der Waals surface area contributed by atoms with Crippen molar-refractivity contribution in [1.82, 2.24) is 0 Å². The van der Waals surface area contributed by atoms with Gasteiger partial charge in [-0.25, -0.2) is 4.39 Å². The van der Waals surface area contributed by atoms with Crippen molar-refractivity contribution in [1.29, 1.82) is 0 Å². The number of benzene rings is 3. The molecule has 3 aromatic rings. The molecule has 3 atom stereocenters. The van der Waals surface area contributed by atoms with Gasteiger partial charge in [-0.2, -0.15) is 0 Å². The standard InChI is InChI=1S/C29H22FNO4/c1-16(32)26-25(17-7-11-20(35-2)12-8-17)29(27(33)21-5-3-4-6-22(21)28(29)34)24-14-9-18-15-19(30)10-13-23(18)31(24)26/h3-15,24-26H,1-2H3/t24-,25+,26+/m1/s1. The Hall–Kier alpha value is -4.06. The summed E-state index contributed by atoms with van der Waals surface area (Å²) in [5, 5.41) is 0. The average Bonchev–Trinajstić information content (AvgIpc) is 3.30. The molecular weight excluding hydrogens is 445 g/mol. The van der Waals surface area contributed by atoms with Gasteiger partial charge in [-0.05, 0) is 42.8 Å². The van der Waals surface area contributed by atoms with Crippen molar-refractivity contribution in [2.75, 3.05) is 12.0 Å². The molecule has 1 aliphatic carbocycles. The van der Waals surface area contributed by atoms with E-state index in [1.807, 2.05) is 17.0 Å². The van der Waals surface area contributed by atoms with Gasteiger partial charge >= 0.3 is 0 Å². The van der Waals surface area contributed by atoms with Crippen LogP contribution in [0.15, 0.2) is 72.8 Å². The molecule has 0 radical (unpaired) electrons. The Balaban J connectivity index is 1.66. The van der Waals surface area contributed by atoms with Crippen LogP contribution >= 0.6 is 0 Å². The maximum Gasteiger partial charge on any atom is 0.180 e. The van der Waals surface area contributed by atoms with E-state index in [-0.39, 0.29) is 17.3 Å². The third-order valence-corrected chi connectivity index (χ3v) is 7.66. The number of ether oxygens (including phenoxy) is 1. The van der Waals surface area contributed by atoms with Crippen molar-refractivity contribution in [2.45, 2.75) is 24.9 Å². The number of halogens is 1. The maximum atomic E-state index is 14.2. The molecule has 174 valence electrons. The van der Waals surface area contributed by atoms with E-state index in [4.69, 9.17) is 4.74 Å². The predicted molar refractivity (Wildman–Crippen MR) is 129 cm³/mol. The summed E-state index contributed by atoms with van der Waals surface area (Å²) >= 11 is 0. The zero-order chi connectivity index (χ0) is 24.5. The molecule has 0 aromatic heterocycles. The fraction of sp³-hybridized carbons (Fsp3) is 0.207. The van der Waals surface area contributed by atoms with E-state index in [9.17, 15) is 18.8 Å². The Kier molecular flexibility index (Phi) is 4.58. The SMILES string of the molecule is COc1ccc([C@H]2[C@H](C(C)=O)N3c4ccc(F)cc4C=C[C@@H]3C23C(=O)c2ccccc2C3=O)cc1. The lowest BCUT2D eigenvalue weighted by molar-refractivity contribution is -0.118. The van der Waals surface area contributed by atoms with Gasteiger partial charge in [0, 0.05) is 28.3 Å². The van der Waals surface area contributed by atoms with Crippen LogP contribution in [0.1, 0.15) is 44.7 Å². The molecule has 0 saturated carbocycles. The van der Waals surface area contributed by atoms with Gasteiger partial charge in [0.25, 0.3) is 0 Å². The minimum absolute atomic E-state index is 0.171. The molecule has 0 unspecified atom stereocenters. The number of hydrogen-bond donors (Lipinski definition) is 0. The van der Waals surface area contributed by atoms with Crippen LogP contribution in [0.3, 0.4) is 0 Å². The van der Waals surface area contributed by atoms with Gasteiger partial charge in [0.05, 0.1) is 19.2 Å². The van der Waals surface area contributed by atoms with Gasteiger partial charge < -0.3 is 9.64 Å². The second-order valence-corrected chi connectivity index (χ2v) is 9.29. The lowest BCUT2D eigenvalue weighted by Crippen LogP contribution is -2.48. The van der Waals surface area contributed by atoms with Crippen LogP contribution < -0.4 is 9.64 Å². The number of nitrogens with zero attached hydrogens (tertiary/aromatic N) is 1. The first-order valence-electron chi connectivity index (χ1n) is 11.5. The highest BCUT2D eigenvalue weighted by atomic mass is 19.1. The lowest BCUT2D eigenvalue weighted by Gasteiger charge is -2.37. The fourth-order valence-corrected chi connectivity index (χ4v) is 6.29. The van der Waals surface area contributed by atoms with Gasteiger partial charge in [-0.15, -0.1) is 0 Å². The lowest BCUT2D eigenvalue weighted by atomic mass is 9.64. The molecule has 3 aromatic carbocycles. The summed E-state index contributed by atoms with van der Waals surface area (Å²) in [6.45, 7) is 1.48. The van der Waals surface area contributed by atoms with Crippen LogP contribution in [0.2, 0.25) is 0 Å². The van der Waals surface area contributed by atoms with E-state index in [1.165, 1.54) is 19.1 Å². The Bertz CT molecular complexity index is 1410. The van der Waals surface area contributed by atoms with Crippen molar-refractivity contribution in [3.8, 4) is 5.75 Å². The van der Waals surface area contributed by atoms with Gasteiger partial charge in [0.2, 0.25) is 0 Å². The molecule has 0 amide bonds. The van der Waals surface area contributed by atoms with Crippen molar-refractivity contribution < 1.29 is 23.5 Å². The molecule has 2 heterocycles. The number of rotatable bonds is 3. The summed E-state index contributed by atoms with van der Waals surface area (Å²) < 4.78 is 19.4. The van der Waals surface area contributed by atoms with Crippen LogP contribution in [-0.2, 0) is 4.79 Å². The molecule has 35 heavy (non-hydrogen) atoms. The molecule has 1 spiro atoms. The first-order valence-corrected chi connectivity index (χ1v) is 11.5. The summed E-state index contributed by atoms with van der Waals surface area (Å²) in [5.41, 5.74) is 1.15. The van der Waals surface area contributed by atoms with E-state index in [0.717, 1.165) is 0 Å². The van der Waals surface area contributed by atoms with Crippen molar-refractivity contribution in [3.63, 3.8) is 0 Å². The van der Waals surface area contributed by atoms with E-state index in [1.54, 1.807) is 61.7 Å². The molecule has 6 rings (SSSR count). The van der Waals surface area contributed by atoms with Gasteiger partial charge in [0.1, 0.15) is 17.0 Å².